The van der Waals surface area contributed by atoms with E-state index in [2.05, 4.69) is 5.32 Å². The number of benzene rings is 1. The smallest absolute Gasteiger partial charge is 0.408 e. The van der Waals surface area contributed by atoms with Crippen molar-refractivity contribution >= 4 is 18.0 Å². The number of nitrogens with zero attached hydrogens (tertiary/aromatic N) is 1. The average Bonchev–Trinajstić information content (AvgIpc) is 2.50. The van der Waals surface area contributed by atoms with E-state index < -0.39 is 29.7 Å². The minimum Gasteiger partial charge on any atom is -0.467 e. The second-order valence-electron chi connectivity index (χ2n) is 6.85. The first-order chi connectivity index (χ1) is 11.7. The highest BCUT2D eigenvalue weighted by atomic mass is 16.6. The number of ether oxygens (including phenoxy) is 2. The van der Waals surface area contributed by atoms with Crippen LogP contribution in [0.15, 0.2) is 30.3 Å². The minimum atomic E-state index is -0.927. The number of carbonyl (C=O) groups is 3. The number of carbonyl (C=O) groups excluding carboxylic acids is 3. The lowest BCUT2D eigenvalue weighted by Crippen LogP contribution is -2.58. The molecule has 0 saturated carbocycles. The predicted octanol–water partition coefficient (Wildman–Crippen LogP) is 2.03. The van der Waals surface area contributed by atoms with Gasteiger partial charge in [0.25, 0.3) is 5.91 Å². The molecule has 1 aromatic rings. The Morgan fingerprint density at radius 2 is 1.84 bits per heavy atom. The number of amides is 2. The summed E-state index contributed by atoms with van der Waals surface area (Å²) in [6, 6.07) is 7.33. The summed E-state index contributed by atoms with van der Waals surface area (Å²) in [5.74, 6) is -0.817. The van der Waals surface area contributed by atoms with Crippen LogP contribution in [0.25, 0.3) is 0 Å². The fraction of sp³-hybridized carbons (Fsp3) is 0.500. The number of hydrogen-bond acceptors (Lipinski definition) is 5. The van der Waals surface area contributed by atoms with Crippen molar-refractivity contribution in [3.8, 4) is 0 Å². The summed E-state index contributed by atoms with van der Waals surface area (Å²) >= 11 is 0. The van der Waals surface area contributed by atoms with Crippen molar-refractivity contribution in [3.63, 3.8) is 0 Å². The van der Waals surface area contributed by atoms with Gasteiger partial charge in [0.15, 0.2) is 0 Å². The van der Waals surface area contributed by atoms with E-state index in [4.69, 9.17) is 9.47 Å². The summed E-state index contributed by atoms with van der Waals surface area (Å²) in [6.45, 7) is 5.68. The maximum atomic E-state index is 12.9. The van der Waals surface area contributed by atoms with Crippen LogP contribution in [0.3, 0.4) is 0 Å². The maximum Gasteiger partial charge on any atom is 0.408 e. The highest BCUT2D eigenvalue weighted by Crippen LogP contribution is 2.25. The molecule has 1 aliphatic heterocycles. The summed E-state index contributed by atoms with van der Waals surface area (Å²) in [4.78, 5) is 38.2. The Morgan fingerprint density at radius 3 is 2.32 bits per heavy atom. The summed E-state index contributed by atoms with van der Waals surface area (Å²) in [7, 11) is 1.29. The quantitative estimate of drug-likeness (QED) is 0.842. The van der Waals surface area contributed by atoms with Crippen molar-refractivity contribution < 1.29 is 23.9 Å². The molecule has 0 radical (unpaired) electrons. The Hall–Kier alpha value is -2.57. The second kappa shape index (κ2) is 7.55. The van der Waals surface area contributed by atoms with Crippen LogP contribution in [0.4, 0.5) is 4.79 Å². The van der Waals surface area contributed by atoms with E-state index >= 15 is 0 Å². The molecule has 1 heterocycles. The van der Waals surface area contributed by atoms with E-state index in [-0.39, 0.29) is 5.91 Å². The molecule has 0 aliphatic carbocycles. The van der Waals surface area contributed by atoms with Gasteiger partial charge in [0, 0.05) is 6.54 Å². The highest BCUT2D eigenvalue weighted by molar-refractivity contribution is 5.91. The maximum absolute atomic E-state index is 12.9. The Bertz CT molecular complexity index is 639. The molecule has 0 bridgehead atoms. The van der Waals surface area contributed by atoms with Crippen molar-refractivity contribution in [2.75, 3.05) is 13.7 Å². The number of hydrogen-bond donors (Lipinski definition) is 1. The topological polar surface area (TPSA) is 84.9 Å². The van der Waals surface area contributed by atoms with E-state index in [1.807, 2.05) is 6.07 Å². The van der Waals surface area contributed by atoms with Gasteiger partial charge in [-0.2, -0.15) is 0 Å². The third-order valence-corrected chi connectivity index (χ3v) is 3.82. The summed E-state index contributed by atoms with van der Waals surface area (Å²) in [5.41, 5.74) is -0.0615. The fourth-order valence-electron chi connectivity index (χ4n) is 2.56. The molecule has 0 aromatic heterocycles. The largest absolute Gasteiger partial charge is 0.467 e. The van der Waals surface area contributed by atoms with Crippen molar-refractivity contribution in [3.05, 3.63) is 35.9 Å². The standard InChI is InChI=1S/C18H24N2O5/c1-18(2,3)25-17(23)19-14(12-8-6-5-7-9-12)15(21)20-11-10-13(20)16(22)24-4/h5-9,13-14H,10-11H2,1-4H3,(H,19,23)/t13-,14?/m0/s1. The molecule has 1 aromatic carbocycles. The molecule has 136 valence electrons. The molecule has 1 fully saturated rings. The Balaban J connectivity index is 2.19. The van der Waals surface area contributed by atoms with Crippen LogP contribution in [0, 0.1) is 0 Å². The molecule has 0 spiro atoms. The lowest BCUT2D eigenvalue weighted by atomic mass is 9.98. The third-order valence-electron chi connectivity index (χ3n) is 3.82. The van der Waals surface area contributed by atoms with Gasteiger partial charge in [0.05, 0.1) is 7.11 Å². The second-order valence-corrected chi connectivity index (χ2v) is 6.85. The van der Waals surface area contributed by atoms with Crippen molar-refractivity contribution in [1.29, 1.82) is 0 Å². The summed E-state index contributed by atoms with van der Waals surface area (Å²) in [6.07, 6.45) is -0.142. The van der Waals surface area contributed by atoms with E-state index in [0.717, 1.165) is 0 Å². The van der Waals surface area contributed by atoms with Crippen LogP contribution in [0.1, 0.15) is 38.8 Å². The molecular formula is C18H24N2O5. The van der Waals surface area contributed by atoms with Crippen LogP contribution in [-0.2, 0) is 19.1 Å². The van der Waals surface area contributed by atoms with Crippen LogP contribution in [-0.4, -0.2) is 48.2 Å². The van der Waals surface area contributed by atoms with Crippen LogP contribution >= 0.6 is 0 Å². The van der Waals surface area contributed by atoms with E-state index in [0.29, 0.717) is 18.5 Å². The molecule has 1 aliphatic rings. The lowest BCUT2D eigenvalue weighted by molar-refractivity contribution is -0.160. The zero-order valence-electron chi connectivity index (χ0n) is 14.9. The molecule has 7 nitrogen and oxygen atoms in total. The van der Waals surface area contributed by atoms with Gasteiger partial charge in [-0.1, -0.05) is 30.3 Å². The molecule has 7 heteroatoms. The zero-order valence-corrected chi connectivity index (χ0v) is 14.9. The van der Waals surface area contributed by atoms with Gasteiger partial charge in [-0.05, 0) is 32.8 Å². The molecule has 1 unspecified atom stereocenters. The predicted molar refractivity (Wildman–Crippen MR) is 90.7 cm³/mol. The first-order valence-electron chi connectivity index (χ1n) is 8.15. The molecular weight excluding hydrogens is 324 g/mol. The number of likely N-dealkylation sites (tertiary alicyclic amines) is 1. The zero-order chi connectivity index (χ0) is 18.6. The Kier molecular flexibility index (Phi) is 5.66. The Labute approximate surface area is 147 Å². The summed E-state index contributed by atoms with van der Waals surface area (Å²) in [5, 5.41) is 2.61. The van der Waals surface area contributed by atoms with Crippen LogP contribution in [0.5, 0.6) is 0 Å². The lowest BCUT2D eigenvalue weighted by Gasteiger charge is -2.40. The van der Waals surface area contributed by atoms with Gasteiger partial charge in [-0.25, -0.2) is 9.59 Å². The first kappa shape index (κ1) is 18.8. The normalized spacial score (nSPS) is 17.9. The first-order valence-corrected chi connectivity index (χ1v) is 8.15. The average molecular weight is 348 g/mol. The molecule has 2 rings (SSSR count). The fourth-order valence-corrected chi connectivity index (χ4v) is 2.56. The molecule has 2 amide bonds. The number of esters is 1. The SMILES string of the molecule is COC(=O)[C@@H]1CCN1C(=O)C(NC(=O)OC(C)(C)C)c1ccccc1. The number of alkyl carbamates (subject to hydrolysis) is 1. The van der Waals surface area contributed by atoms with E-state index in [1.165, 1.54) is 12.0 Å². The van der Waals surface area contributed by atoms with Gasteiger partial charge < -0.3 is 19.7 Å². The van der Waals surface area contributed by atoms with Gasteiger partial charge in [-0.3, -0.25) is 4.79 Å². The highest BCUT2D eigenvalue weighted by Gasteiger charge is 2.42. The van der Waals surface area contributed by atoms with Crippen molar-refractivity contribution in [2.24, 2.45) is 0 Å². The number of nitrogens with one attached hydrogen (secondary N) is 1. The van der Waals surface area contributed by atoms with Crippen LogP contribution in [0.2, 0.25) is 0 Å². The van der Waals surface area contributed by atoms with E-state index in [9.17, 15) is 14.4 Å². The van der Waals surface area contributed by atoms with Gasteiger partial charge >= 0.3 is 12.1 Å². The molecule has 1 saturated heterocycles. The summed E-state index contributed by atoms with van der Waals surface area (Å²) < 4.78 is 9.98. The van der Waals surface area contributed by atoms with Crippen LogP contribution < -0.4 is 5.32 Å². The van der Waals surface area contributed by atoms with Crippen molar-refractivity contribution in [2.45, 2.75) is 44.9 Å². The monoisotopic (exact) mass is 348 g/mol. The molecule has 2 atom stereocenters. The van der Waals surface area contributed by atoms with Gasteiger partial charge in [-0.15, -0.1) is 0 Å². The minimum absolute atomic E-state index is 0.362. The third kappa shape index (κ3) is 4.71. The Morgan fingerprint density at radius 1 is 1.20 bits per heavy atom. The van der Waals surface area contributed by atoms with Gasteiger partial charge in [0.2, 0.25) is 0 Å². The number of methoxy groups -OCH3 is 1. The van der Waals surface area contributed by atoms with Crippen molar-refractivity contribution in [1.82, 2.24) is 10.2 Å². The van der Waals surface area contributed by atoms with E-state index in [1.54, 1.807) is 45.0 Å². The van der Waals surface area contributed by atoms with Gasteiger partial charge in [0.1, 0.15) is 17.7 Å². The molecule has 25 heavy (non-hydrogen) atoms. The number of rotatable bonds is 4. The molecule has 1 N–H and O–H groups in total.